The van der Waals surface area contributed by atoms with Gasteiger partial charge in [-0.3, -0.25) is 4.79 Å². The minimum atomic E-state index is -3.70. The van der Waals surface area contributed by atoms with Gasteiger partial charge in [0, 0.05) is 16.0 Å². The predicted octanol–water partition coefficient (Wildman–Crippen LogP) is 2.94. The van der Waals surface area contributed by atoms with E-state index in [9.17, 15) is 13.2 Å². The van der Waals surface area contributed by atoms with Crippen LogP contribution in [0.25, 0.3) is 0 Å². The van der Waals surface area contributed by atoms with Crippen LogP contribution in [0.5, 0.6) is 5.75 Å². The molecule has 0 aliphatic carbocycles. The molecular formula is C15H17ClN2O4S2. The molecule has 2 aromatic rings. The molecule has 2 rings (SSSR count). The zero-order valence-electron chi connectivity index (χ0n) is 13.3. The summed E-state index contributed by atoms with van der Waals surface area (Å²) in [4.78, 5) is 12.9. The molecule has 1 aromatic heterocycles. The molecule has 0 atom stereocenters. The average molecular weight is 389 g/mol. The third-order valence-electron chi connectivity index (χ3n) is 3.16. The fraction of sp³-hybridized carbons (Fsp3) is 0.267. The highest BCUT2D eigenvalue weighted by Crippen LogP contribution is 2.30. The Hall–Kier alpha value is -1.61. The van der Waals surface area contributed by atoms with Crippen LogP contribution in [-0.4, -0.2) is 28.0 Å². The number of aryl methyl sites for hydroxylation is 2. The summed E-state index contributed by atoms with van der Waals surface area (Å²) in [6.45, 7) is 3.22. The van der Waals surface area contributed by atoms with Crippen molar-refractivity contribution in [2.24, 2.45) is 0 Å². The molecule has 1 aromatic carbocycles. The lowest BCUT2D eigenvalue weighted by Gasteiger charge is -2.12. The van der Waals surface area contributed by atoms with Crippen molar-refractivity contribution in [1.82, 2.24) is 4.72 Å². The van der Waals surface area contributed by atoms with Crippen molar-refractivity contribution in [3.63, 3.8) is 0 Å². The lowest BCUT2D eigenvalue weighted by Crippen LogP contribution is -2.32. The van der Waals surface area contributed by atoms with Crippen molar-refractivity contribution in [1.29, 1.82) is 0 Å². The number of amides is 1. The number of hydrogen-bond donors (Lipinski definition) is 2. The number of methoxy groups -OCH3 is 1. The van der Waals surface area contributed by atoms with Gasteiger partial charge < -0.3 is 10.1 Å². The molecule has 0 fully saturated rings. The number of thiophene rings is 1. The van der Waals surface area contributed by atoms with Gasteiger partial charge in [-0.25, -0.2) is 13.1 Å². The lowest BCUT2D eigenvalue weighted by atomic mass is 10.2. The number of benzene rings is 1. The molecule has 24 heavy (non-hydrogen) atoms. The summed E-state index contributed by atoms with van der Waals surface area (Å²) in [7, 11) is -2.25. The van der Waals surface area contributed by atoms with Gasteiger partial charge >= 0.3 is 0 Å². The fourth-order valence-electron chi connectivity index (χ4n) is 1.91. The highest BCUT2D eigenvalue weighted by atomic mass is 35.5. The second kappa shape index (κ2) is 7.52. The molecule has 6 nitrogen and oxygen atoms in total. The summed E-state index contributed by atoms with van der Waals surface area (Å²) in [5.41, 5.74) is 1.19. The normalized spacial score (nSPS) is 11.3. The molecule has 9 heteroatoms. The van der Waals surface area contributed by atoms with Crippen LogP contribution in [0.15, 0.2) is 28.5 Å². The van der Waals surface area contributed by atoms with E-state index in [-0.39, 0.29) is 10.8 Å². The molecule has 1 amide bonds. The minimum Gasteiger partial charge on any atom is -0.495 e. The van der Waals surface area contributed by atoms with Crippen LogP contribution in [0.4, 0.5) is 5.69 Å². The summed E-state index contributed by atoms with van der Waals surface area (Å²) < 4.78 is 31.8. The van der Waals surface area contributed by atoms with Gasteiger partial charge in [-0.2, -0.15) is 0 Å². The van der Waals surface area contributed by atoms with Gasteiger partial charge in [-0.05, 0) is 37.6 Å². The molecule has 0 bridgehead atoms. The Morgan fingerprint density at radius 3 is 2.58 bits per heavy atom. The van der Waals surface area contributed by atoms with Crippen LogP contribution in [0.1, 0.15) is 10.4 Å². The number of ether oxygens (including phenoxy) is 1. The van der Waals surface area contributed by atoms with Crippen molar-refractivity contribution >= 4 is 44.6 Å². The molecule has 0 radical (unpaired) electrons. The van der Waals surface area contributed by atoms with Crippen molar-refractivity contribution in [2.45, 2.75) is 18.1 Å². The average Bonchev–Trinajstić information content (AvgIpc) is 2.96. The van der Waals surface area contributed by atoms with Crippen molar-refractivity contribution in [3.05, 3.63) is 39.7 Å². The first-order valence-electron chi connectivity index (χ1n) is 6.93. The summed E-state index contributed by atoms with van der Waals surface area (Å²) in [5, 5.41) is 3.13. The smallest absolute Gasteiger partial charge is 0.250 e. The lowest BCUT2D eigenvalue weighted by molar-refractivity contribution is -0.115. The Kier molecular flexibility index (Phi) is 5.87. The van der Waals surface area contributed by atoms with E-state index in [4.69, 9.17) is 16.3 Å². The van der Waals surface area contributed by atoms with E-state index in [1.807, 2.05) is 6.92 Å². The van der Waals surface area contributed by atoms with Crippen LogP contribution >= 0.6 is 22.9 Å². The second-order valence-corrected chi connectivity index (χ2v) is 8.73. The molecule has 0 unspecified atom stereocenters. The van der Waals surface area contributed by atoms with E-state index in [2.05, 4.69) is 10.0 Å². The number of nitrogens with one attached hydrogen (secondary N) is 2. The molecule has 0 aliphatic rings. The third-order valence-corrected chi connectivity index (χ3v) is 6.46. The first-order valence-corrected chi connectivity index (χ1v) is 9.61. The highest BCUT2D eigenvalue weighted by molar-refractivity contribution is 7.91. The SMILES string of the molecule is COc1cc(Cl)c(C)cc1NC(=O)CNS(=O)(=O)c1ccc(C)s1. The molecule has 0 saturated heterocycles. The van der Waals surface area contributed by atoms with E-state index in [0.717, 1.165) is 21.8 Å². The molecule has 2 N–H and O–H groups in total. The molecular weight excluding hydrogens is 372 g/mol. The standard InChI is InChI=1S/C15H17ClN2O4S2/c1-9-6-12(13(22-3)7-11(9)16)18-14(19)8-17-24(20,21)15-5-4-10(2)23-15/h4-7,17H,8H2,1-3H3,(H,18,19). The van der Waals surface area contributed by atoms with Crippen LogP contribution in [0.2, 0.25) is 5.02 Å². The summed E-state index contributed by atoms with van der Waals surface area (Å²) in [6, 6.07) is 6.47. The third kappa shape index (κ3) is 4.47. The van der Waals surface area contributed by atoms with E-state index >= 15 is 0 Å². The van der Waals surface area contributed by atoms with Gasteiger partial charge in [-0.15, -0.1) is 11.3 Å². The summed E-state index contributed by atoms with van der Waals surface area (Å²) in [6.07, 6.45) is 0. The molecule has 0 spiro atoms. The number of anilines is 1. The number of hydrogen-bond acceptors (Lipinski definition) is 5. The Morgan fingerprint density at radius 2 is 2.00 bits per heavy atom. The molecule has 0 aliphatic heterocycles. The maximum atomic E-state index is 12.1. The zero-order valence-corrected chi connectivity index (χ0v) is 15.7. The second-order valence-electron chi connectivity index (χ2n) is 5.04. The molecule has 0 saturated carbocycles. The first-order chi connectivity index (χ1) is 11.2. The van der Waals surface area contributed by atoms with Crippen molar-refractivity contribution < 1.29 is 17.9 Å². The topological polar surface area (TPSA) is 84.5 Å². The van der Waals surface area contributed by atoms with Crippen LogP contribution in [0, 0.1) is 13.8 Å². The van der Waals surface area contributed by atoms with E-state index in [1.54, 1.807) is 25.1 Å². The van der Waals surface area contributed by atoms with Gasteiger partial charge in [-0.1, -0.05) is 11.6 Å². The number of carbonyl (C=O) groups is 1. The monoisotopic (exact) mass is 388 g/mol. The Balaban J connectivity index is 2.05. The largest absolute Gasteiger partial charge is 0.495 e. The summed E-state index contributed by atoms with van der Waals surface area (Å²) >= 11 is 7.15. The Morgan fingerprint density at radius 1 is 1.29 bits per heavy atom. The van der Waals surface area contributed by atoms with Gasteiger partial charge in [0.2, 0.25) is 5.91 Å². The van der Waals surface area contributed by atoms with E-state index < -0.39 is 15.9 Å². The van der Waals surface area contributed by atoms with Crippen LogP contribution in [-0.2, 0) is 14.8 Å². The minimum absolute atomic E-state index is 0.174. The number of halogens is 1. The van der Waals surface area contributed by atoms with Crippen molar-refractivity contribution in [2.75, 3.05) is 19.0 Å². The molecule has 130 valence electrons. The number of rotatable bonds is 6. The number of sulfonamides is 1. The van der Waals surface area contributed by atoms with Gasteiger partial charge in [0.25, 0.3) is 10.0 Å². The number of carbonyl (C=O) groups excluding carboxylic acids is 1. The summed E-state index contributed by atoms with van der Waals surface area (Å²) in [5.74, 6) is -0.109. The maximum absolute atomic E-state index is 12.1. The van der Waals surface area contributed by atoms with Crippen LogP contribution < -0.4 is 14.8 Å². The predicted molar refractivity (Wildman–Crippen MR) is 95.6 cm³/mol. The van der Waals surface area contributed by atoms with E-state index in [1.165, 1.54) is 13.2 Å². The van der Waals surface area contributed by atoms with Crippen LogP contribution in [0.3, 0.4) is 0 Å². The fourth-order valence-corrected chi connectivity index (χ4v) is 4.38. The van der Waals surface area contributed by atoms with E-state index in [0.29, 0.717) is 16.5 Å². The zero-order chi connectivity index (χ0) is 17.9. The Bertz CT molecular complexity index is 862. The van der Waals surface area contributed by atoms with Crippen molar-refractivity contribution in [3.8, 4) is 5.75 Å². The quantitative estimate of drug-likeness (QED) is 0.796. The highest BCUT2D eigenvalue weighted by Gasteiger charge is 2.18. The first kappa shape index (κ1) is 18.7. The van der Waals surface area contributed by atoms with Gasteiger partial charge in [0.1, 0.15) is 9.96 Å². The molecule has 1 heterocycles. The van der Waals surface area contributed by atoms with Gasteiger partial charge in [0.15, 0.2) is 0 Å². The Labute approximate surface area is 149 Å². The maximum Gasteiger partial charge on any atom is 0.250 e. The van der Waals surface area contributed by atoms with Gasteiger partial charge in [0.05, 0.1) is 19.3 Å².